The van der Waals surface area contributed by atoms with Crippen LogP contribution < -0.4 is 10.5 Å². The average Bonchev–Trinajstić information content (AvgIpc) is 3.46. The van der Waals surface area contributed by atoms with Gasteiger partial charge in [-0.1, -0.05) is 30.3 Å². The fraction of sp³-hybridized carbons (Fsp3) is 0.158. The first kappa shape index (κ1) is 16.8. The Morgan fingerprint density at radius 1 is 1.04 bits per heavy atom. The number of nitrogens with two attached hydrogens (primary N) is 1. The molecule has 3 N–H and O–H groups in total. The minimum Gasteiger partial charge on any atom is -0.368 e. The highest BCUT2D eigenvalue weighted by molar-refractivity contribution is 7.83. The van der Waals surface area contributed by atoms with Crippen LogP contribution >= 0.6 is 0 Å². The zero-order valence-electron chi connectivity index (χ0n) is 13.9. The number of hydrogen-bond acceptors (Lipinski definition) is 4. The quantitative estimate of drug-likeness (QED) is 0.724. The molecule has 1 aliphatic rings. The van der Waals surface area contributed by atoms with Crippen LogP contribution in [0.5, 0.6) is 0 Å². The summed E-state index contributed by atoms with van der Waals surface area (Å²) in [7, 11) is -1.32. The van der Waals surface area contributed by atoms with Gasteiger partial charge in [-0.05, 0) is 36.1 Å². The second-order valence-electron chi connectivity index (χ2n) is 6.18. The molecule has 5 nitrogen and oxygen atoms in total. The zero-order valence-corrected chi connectivity index (χ0v) is 14.7. The number of anilines is 1. The molecule has 1 aliphatic carbocycles. The zero-order chi connectivity index (χ0) is 18.1. The molecular weight excluding hydrogens is 351 g/mol. The summed E-state index contributed by atoms with van der Waals surface area (Å²) in [6, 6.07) is 12.6. The lowest BCUT2D eigenvalue weighted by molar-refractivity contribution is 0.631. The Balaban J connectivity index is 1.69. The SMILES string of the molecule is Nc1ncc(-c2ccc(-c3ccccc3S(=O)NC3CC3)cc2F)cn1. The normalized spacial score (nSPS) is 15.0. The van der Waals surface area contributed by atoms with Crippen LogP contribution in [0, 0.1) is 5.82 Å². The van der Waals surface area contributed by atoms with Crippen molar-refractivity contribution in [3.05, 3.63) is 60.7 Å². The van der Waals surface area contributed by atoms with Crippen LogP contribution in [-0.4, -0.2) is 20.2 Å². The molecule has 3 aromatic rings. The average molecular weight is 368 g/mol. The lowest BCUT2D eigenvalue weighted by Crippen LogP contribution is -2.19. The summed E-state index contributed by atoms with van der Waals surface area (Å²) in [5, 5.41) is 0. The molecule has 0 saturated heterocycles. The first-order chi connectivity index (χ1) is 12.6. The van der Waals surface area contributed by atoms with E-state index < -0.39 is 16.8 Å². The maximum Gasteiger partial charge on any atom is 0.219 e. The molecule has 1 saturated carbocycles. The maximum atomic E-state index is 14.7. The summed E-state index contributed by atoms with van der Waals surface area (Å²) >= 11 is 0. The van der Waals surface area contributed by atoms with Gasteiger partial charge in [-0.25, -0.2) is 23.3 Å². The molecule has 1 unspecified atom stereocenters. The Morgan fingerprint density at radius 3 is 2.46 bits per heavy atom. The van der Waals surface area contributed by atoms with Gasteiger partial charge in [-0.2, -0.15) is 0 Å². The van der Waals surface area contributed by atoms with E-state index in [-0.39, 0.29) is 5.95 Å². The van der Waals surface area contributed by atoms with Crippen LogP contribution in [0.4, 0.5) is 10.3 Å². The van der Waals surface area contributed by atoms with Crippen molar-refractivity contribution >= 4 is 16.9 Å². The predicted molar refractivity (Wildman–Crippen MR) is 99.8 cm³/mol. The molecule has 2 aromatic carbocycles. The Labute approximate surface area is 153 Å². The fourth-order valence-corrected chi connectivity index (χ4v) is 3.93. The van der Waals surface area contributed by atoms with Crippen molar-refractivity contribution in [1.29, 1.82) is 0 Å². The predicted octanol–water partition coefficient (Wildman–Crippen LogP) is 3.31. The highest BCUT2D eigenvalue weighted by Gasteiger charge is 2.24. The Morgan fingerprint density at radius 2 is 1.77 bits per heavy atom. The molecule has 0 amide bonds. The Hall–Kier alpha value is -2.64. The number of nitrogens with one attached hydrogen (secondary N) is 1. The number of hydrogen-bond donors (Lipinski definition) is 2. The number of nitrogens with zero attached hydrogens (tertiary/aromatic N) is 2. The fourth-order valence-electron chi connectivity index (χ4n) is 2.68. The second-order valence-corrected chi connectivity index (χ2v) is 7.39. The number of halogens is 1. The maximum absolute atomic E-state index is 14.7. The summed E-state index contributed by atoms with van der Waals surface area (Å²) in [4.78, 5) is 8.45. The van der Waals surface area contributed by atoms with E-state index in [1.807, 2.05) is 24.3 Å². The van der Waals surface area contributed by atoms with Gasteiger partial charge in [-0.3, -0.25) is 0 Å². The highest BCUT2D eigenvalue weighted by atomic mass is 32.2. The number of rotatable bonds is 5. The molecule has 1 heterocycles. The van der Waals surface area contributed by atoms with Crippen molar-refractivity contribution in [3.63, 3.8) is 0 Å². The standard InChI is InChI=1S/C19H17FN4OS/c20-17-9-12(5-8-15(17)13-10-22-19(21)23-11-13)16-3-1-2-4-18(16)26(25)24-14-6-7-14/h1-5,8-11,14,24H,6-7H2,(H2,21,22,23). The van der Waals surface area contributed by atoms with Gasteiger partial charge < -0.3 is 5.73 Å². The molecule has 26 heavy (non-hydrogen) atoms. The van der Waals surface area contributed by atoms with Crippen LogP contribution in [0.15, 0.2) is 59.8 Å². The van der Waals surface area contributed by atoms with Crippen LogP contribution in [0.25, 0.3) is 22.3 Å². The summed E-state index contributed by atoms with van der Waals surface area (Å²) in [5.41, 5.74) is 7.84. The summed E-state index contributed by atoms with van der Waals surface area (Å²) < 4.78 is 30.4. The van der Waals surface area contributed by atoms with Crippen molar-refractivity contribution in [3.8, 4) is 22.3 Å². The van der Waals surface area contributed by atoms with E-state index in [1.54, 1.807) is 12.1 Å². The summed E-state index contributed by atoms with van der Waals surface area (Å²) in [6.07, 6.45) is 5.06. The van der Waals surface area contributed by atoms with E-state index in [0.717, 1.165) is 18.4 Å². The van der Waals surface area contributed by atoms with E-state index in [9.17, 15) is 8.60 Å². The number of nitrogen functional groups attached to an aromatic ring is 1. The smallest absolute Gasteiger partial charge is 0.219 e. The molecule has 0 bridgehead atoms. The number of aromatic nitrogens is 2. The topological polar surface area (TPSA) is 80.9 Å². The molecule has 1 aromatic heterocycles. The van der Waals surface area contributed by atoms with Crippen molar-refractivity contribution in [2.75, 3.05) is 5.73 Å². The van der Waals surface area contributed by atoms with E-state index in [4.69, 9.17) is 5.73 Å². The first-order valence-corrected chi connectivity index (χ1v) is 9.41. The van der Waals surface area contributed by atoms with Gasteiger partial charge in [0.15, 0.2) is 0 Å². The van der Waals surface area contributed by atoms with Crippen LogP contribution in [-0.2, 0) is 11.0 Å². The van der Waals surface area contributed by atoms with Crippen molar-refractivity contribution < 1.29 is 8.60 Å². The van der Waals surface area contributed by atoms with Crippen LogP contribution in [0.2, 0.25) is 0 Å². The molecule has 4 rings (SSSR count). The lowest BCUT2D eigenvalue weighted by atomic mass is 10.0. The Bertz CT molecular complexity index is 974. The van der Waals surface area contributed by atoms with Gasteiger partial charge >= 0.3 is 0 Å². The highest BCUT2D eigenvalue weighted by Crippen LogP contribution is 2.31. The molecular formula is C19H17FN4OS. The van der Waals surface area contributed by atoms with Gasteiger partial charge in [0.2, 0.25) is 5.95 Å². The minimum absolute atomic E-state index is 0.144. The van der Waals surface area contributed by atoms with Crippen LogP contribution in [0.1, 0.15) is 12.8 Å². The lowest BCUT2D eigenvalue weighted by Gasteiger charge is -2.11. The van der Waals surface area contributed by atoms with Crippen LogP contribution in [0.3, 0.4) is 0 Å². The van der Waals surface area contributed by atoms with Crippen molar-refractivity contribution in [2.45, 2.75) is 23.8 Å². The molecule has 1 atom stereocenters. The third kappa shape index (κ3) is 3.49. The van der Waals surface area contributed by atoms with Gasteiger partial charge in [0, 0.05) is 29.6 Å². The van der Waals surface area contributed by atoms with E-state index >= 15 is 0 Å². The van der Waals surface area contributed by atoms with E-state index in [1.165, 1.54) is 18.5 Å². The third-order valence-electron chi connectivity index (χ3n) is 4.20. The van der Waals surface area contributed by atoms with Crippen molar-refractivity contribution in [1.82, 2.24) is 14.7 Å². The van der Waals surface area contributed by atoms with Gasteiger partial charge in [-0.15, -0.1) is 0 Å². The summed E-state index contributed by atoms with van der Waals surface area (Å²) in [6.45, 7) is 0. The molecule has 0 radical (unpaired) electrons. The number of benzene rings is 2. The molecule has 132 valence electrons. The largest absolute Gasteiger partial charge is 0.368 e. The van der Waals surface area contributed by atoms with Gasteiger partial charge in [0.05, 0.1) is 4.90 Å². The Kier molecular flexibility index (Phi) is 4.48. The van der Waals surface area contributed by atoms with Gasteiger partial charge in [0.1, 0.15) is 16.8 Å². The molecule has 7 heteroatoms. The molecule has 0 spiro atoms. The van der Waals surface area contributed by atoms with E-state index in [2.05, 4.69) is 14.7 Å². The second kappa shape index (κ2) is 6.93. The van der Waals surface area contributed by atoms with Gasteiger partial charge in [0.25, 0.3) is 0 Å². The minimum atomic E-state index is -1.32. The summed E-state index contributed by atoms with van der Waals surface area (Å²) in [5.74, 6) is -0.253. The first-order valence-electron chi connectivity index (χ1n) is 8.26. The molecule has 0 aliphatic heterocycles. The van der Waals surface area contributed by atoms with Crippen molar-refractivity contribution in [2.24, 2.45) is 0 Å². The monoisotopic (exact) mass is 368 g/mol. The molecule has 1 fully saturated rings. The van der Waals surface area contributed by atoms with E-state index in [0.29, 0.717) is 27.6 Å². The third-order valence-corrected chi connectivity index (χ3v) is 5.50.